The molecule has 0 atom stereocenters. The van der Waals surface area contributed by atoms with Crippen LogP contribution in [0.3, 0.4) is 0 Å². The van der Waals surface area contributed by atoms with Gasteiger partial charge in [0.1, 0.15) is 5.82 Å². The third-order valence-electron chi connectivity index (χ3n) is 2.73. The Balaban J connectivity index is 2.28. The fourth-order valence-corrected chi connectivity index (χ4v) is 1.61. The van der Waals surface area contributed by atoms with E-state index in [1.807, 2.05) is 0 Å². The summed E-state index contributed by atoms with van der Waals surface area (Å²) >= 11 is 0. The Bertz CT molecular complexity index is 686. The van der Waals surface area contributed by atoms with Gasteiger partial charge in [-0.15, -0.1) is 0 Å². The Morgan fingerprint density at radius 2 is 2.05 bits per heavy atom. The van der Waals surface area contributed by atoms with Crippen LogP contribution in [0, 0.1) is 12.7 Å². The molecule has 0 radical (unpaired) electrons. The second-order valence-corrected chi connectivity index (χ2v) is 4.14. The molecule has 1 aromatic heterocycles. The highest BCUT2D eigenvalue weighted by Crippen LogP contribution is 2.16. The van der Waals surface area contributed by atoms with Crippen molar-refractivity contribution < 1.29 is 19.1 Å². The number of benzene rings is 1. The number of carbonyl (C=O) groups excluding carboxylic acids is 1. The number of aryl methyl sites for hydroxylation is 1. The van der Waals surface area contributed by atoms with Crippen molar-refractivity contribution in [1.29, 1.82) is 0 Å². The van der Waals surface area contributed by atoms with E-state index in [2.05, 4.69) is 10.3 Å². The van der Waals surface area contributed by atoms with E-state index in [9.17, 15) is 14.0 Å². The number of aromatic nitrogens is 1. The molecular formula is C14H11FN2O3. The van der Waals surface area contributed by atoms with Crippen molar-refractivity contribution in [3.05, 3.63) is 59.2 Å². The van der Waals surface area contributed by atoms with Crippen LogP contribution >= 0.6 is 0 Å². The van der Waals surface area contributed by atoms with Crippen molar-refractivity contribution in [3.63, 3.8) is 0 Å². The van der Waals surface area contributed by atoms with E-state index in [4.69, 9.17) is 5.11 Å². The molecule has 0 spiro atoms. The number of aromatic carboxylic acids is 1. The minimum absolute atomic E-state index is 0.0611. The molecule has 0 aliphatic rings. The molecule has 1 aromatic carbocycles. The summed E-state index contributed by atoms with van der Waals surface area (Å²) in [6, 6.07) is 5.31. The molecule has 1 amide bonds. The first kappa shape index (κ1) is 13.7. The van der Waals surface area contributed by atoms with Crippen molar-refractivity contribution >= 4 is 17.6 Å². The Morgan fingerprint density at radius 1 is 1.30 bits per heavy atom. The average molecular weight is 274 g/mol. The quantitative estimate of drug-likeness (QED) is 0.901. The van der Waals surface area contributed by atoms with Crippen LogP contribution in [-0.4, -0.2) is 22.0 Å². The van der Waals surface area contributed by atoms with E-state index in [-0.39, 0.29) is 16.8 Å². The molecule has 102 valence electrons. The van der Waals surface area contributed by atoms with E-state index in [0.717, 1.165) is 6.07 Å². The van der Waals surface area contributed by atoms with Gasteiger partial charge < -0.3 is 10.4 Å². The van der Waals surface area contributed by atoms with Gasteiger partial charge in [-0.1, -0.05) is 6.07 Å². The average Bonchev–Trinajstić information content (AvgIpc) is 2.42. The summed E-state index contributed by atoms with van der Waals surface area (Å²) in [7, 11) is 0. The van der Waals surface area contributed by atoms with Crippen LogP contribution < -0.4 is 5.32 Å². The number of carboxylic acids is 1. The molecule has 1 heterocycles. The van der Waals surface area contributed by atoms with Crippen molar-refractivity contribution in [2.45, 2.75) is 6.92 Å². The van der Waals surface area contributed by atoms with E-state index < -0.39 is 17.7 Å². The number of hydrogen-bond acceptors (Lipinski definition) is 3. The van der Waals surface area contributed by atoms with E-state index in [1.54, 1.807) is 6.92 Å². The summed E-state index contributed by atoms with van der Waals surface area (Å²) in [5.74, 6) is -2.28. The van der Waals surface area contributed by atoms with E-state index in [0.29, 0.717) is 5.56 Å². The lowest BCUT2D eigenvalue weighted by Gasteiger charge is -2.08. The molecular weight excluding hydrogens is 263 g/mol. The van der Waals surface area contributed by atoms with Gasteiger partial charge in [0.25, 0.3) is 5.91 Å². The summed E-state index contributed by atoms with van der Waals surface area (Å²) in [5.41, 5.74) is 0.509. The first-order valence-corrected chi connectivity index (χ1v) is 5.74. The molecule has 2 rings (SSSR count). The fourth-order valence-electron chi connectivity index (χ4n) is 1.61. The molecule has 20 heavy (non-hydrogen) atoms. The zero-order chi connectivity index (χ0) is 14.7. The van der Waals surface area contributed by atoms with Crippen LogP contribution in [0.4, 0.5) is 10.1 Å². The van der Waals surface area contributed by atoms with Gasteiger partial charge in [0.05, 0.1) is 17.4 Å². The highest BCUT2D eigenvalue weighted by molar-refractivity contribution is 6.07. The van der Waals surface area contributed by atoms with Crippen molar-refractivity contribution in [1.82, 2.24) is 4.98 Å². The molecule has 0 fully saturated rings. The molecule has 0 aliphatic carbocycles. The lowest BCUT2D eigenvalue weighted by molar-refractivity contribution is 0.0698. The van der Waals surface area contributed by atoms with Gasteiger partial charge in [-0.05, 0) is 30.7 Å². The molecule has 0 aliphatic heterocycles. The SMILES string of the molecule is Cc1ccc(C(=O)Nc2cnccc2C(=O)O)cc1F. The third kappa shape index (κ3) is 2.80. The zero-order valence-corrected chi connectivity index (χ0v) is 10.6. The van der Waals surface area contributed by atoms with Crippen molar-refractivity contribution in [3.8, 4) is 0 Å². The highest BCUT2D eigenvalue weighted by Gasteiger charge is 2.14. The lowest BCUT2D eigenvalue weighted by atomic mass is 10.1. The van der Waals surface area contributed by atoms with Gasteiger partial charge in [0.15, 0.2) is 0 Å². The normalized spacial score (nSPS) is 10.1. The Labute approximate surface area is 114 Å². The fraction of sp³-hybridized carbons (Fsp3) is 0.0714. The van der Waals surface area contributed by atoms with Gasteiger partial charge in [-0.3, -0.25) is 9.78 Å². The maximum absolute atomic E-state index is 13.4. The predicted octanol–water partition coefficient (Wildman–Crippen LogP) is 2.48. The molecule has 2 aromatic rings. The van der Waals surface area contributed by atoms with Gasteiger partial charge in [0.2, 0.25) is 0 Å². The van der Waals surface area contributed by atoms with Gasteiger partial charge >= 0.3 is 5.97 Å². The standard InChI is InChI=1S/C14H11FN2O3/c1-8-2-3-9(6-11(8)15)13(18)17-12-7-16-5-4-10(12)14(19)20/h2-7H,1H3,(H,17,18)(H,19,20). The highest BCUT2D eigenvalue weighted by atomic mass is 19.1. The van der Waals surface area contributed by atoms with Crippen LogP contribution in [0.2, 0.25) is 0 Å². The molecule has 6 heteroatoms. The molecule has 0 unspecified atom stereocenters. The maximum atomic E-state index is 13.4. The molecule has 0 bridgehead atoms. The third-order valence-corrected chi connectivity index (χ3v) is 2.73. The van der Waals surface area contributed by atoms with Crippen molar-refractivity contribution in [2.75, 3.05) is 5.32 Å². The first-order chi connectivity index (χ1) is 9.49. The number of carbonyl (C=O) groups is 2. The zero-order valence-electron chi connectivity index (χ0n) is 10.6. The smallest absolute Gasteiger partial charge is 0.337 e. The number of amides is 1. The number of anilines is 1. The summed E-state index contributed by atoms with van der Waals surface area (Å²) in [4.78, 5) is 26.7. The number of pyridine rings is 1. The second-order valence-electron chi connectivity index (χ2n) is 4.14. The number of hydrogen-bond donors (Lipinski definition) is 2. The monoisotopic (exact) mass is 274 g/mol. The predicted molar refractivity (Wildman–Crippen MR) is 70.3 cm³/mol. The second kappa shape index (κ2) is 5.48. The Morgan fingerprint density at radius 3 is 2.70 bits per heavy atom. The first-order valence-electron chi connectivity index (χ1n) is 5.74. The maximum Gasteiger partial charge on any atom is 0.337 e. The van der Waals surface area contributed by atoms with E-state index >= 15 is 0 Å². The van der Waals surface area contributed by atoms with Gasteiger partial charge in [-0.2, -0.15) is 0 Å². The van der Waals surface area contributed by atoms with Crippen LogP contribution in [0.5, 0.6) is 0 Å². The minimum atomic E-state index is -1.18. The number of nitrogens with one attached hydrogen (secondary N) is 1. The topological polar surface area (TPSA) is 79.3 Å². The molecule has 0 saturated carbocycles. The minimum Gasteiger partial charge on any atom is -0.478 e. The summed E-state index contributed by atoms with van der Waals surface area (Å²) in [5, 5.41) is 11.4. The summed E-state index contributed by atoms with van der Waals surface area (Å²) < 4.78 is 13.4. The van der Waals surface area contributed by atoms with Crippen LogP contribution in [0.1, 0.15) is 26.3 Å². The Kier molecular flexibility index (Phi) is 3.74. The van der Waals surface area contributed by atoms with Gasteiger partial charge in [-0.25, -0.2) is 9.18 Å². The van der Waals surface area contributed by atoms with Gasteiger partial charge in [0, 0.05) is 11.8 Å². The molecule has 5 nitrogen and oxygen atoms in total. The lowest BCUT2D eigenvalue weighted by Crippen LogP contribution is -2.15. The van der Waals surface area contributed by atoms with E-state index in [1.165, 1.54) is 30.6 Å². The van der Waals surface area contributed by atoms with Crippen LogP contribution in [-0.2, 0) is 0 Å². The summed E-state index contributed by atoms with van der Waals surface area (Å²) in [6.07, 6.45) is 2.54. The number of nitrogens with zero attached hydrogens (tertiary/aromatic N) is 1. The van der Waals surface area contributed by atoms with Crippen LogP contribution in [0.25, 0.3) is 0 Å². The molecule has 0 saturated heterocycles. The molecule has 2 N–H and O–H groups in total. The number of rotatable bonds is 3. The summed E-state index contributed by atoms with van der Waals surface area (Å²) in [6.45, 7) is 1.58. The number of carboxylic acid groups (broad SMARTS) is 1. The Hall–Kier alpha value is -2.76. The van der Waals surface area contributed by atoms with Crippen molar-refractivity contribution in [2.24, 2.45) is 0 Å². The number of halogens is 1. The van der Waals surface area contributed by atoms with Crippen LogP contribution in [0.15, 0.2) is 36.7 Å². The largest absolute Gasteiger partial charge is 0.478 e.